The van der Waals surface area contributed by atoms with Crippen molar-refractivity contribution >= 4 is 6.03 Å². The lowest BCUT2D eigenvalue weighted by Gasteiger charge is -2.23. The second kappa shape index (κ2) is 6.93. The Bertz CT molecular complexity index is 482. The standard InChI is InChI=1S/C15H27N5O/c1-12-13(11-17-19(12)4)10-16-15(21)20-8-5-6-14(7-9-20)18(2)3/h11,14H,5-10H2,1-4H3,(H,16,21). The molecule has 1 unspecified atom stereocenters. The average molecular weight is 293 g/mol. The molecule has 1 aliphatic heterocycles. The number of hydrogen-bond donors (Lipinski definition) is 1. The SMILES string of the molecule is Cc1c(CNC(=O)N2CCCC(N(C)C)CC2)cnn1C. The van der Waals surface area contributed by atoms with Crippen molar-refractivity contribution in [2.24, 2.45) is 7.05 Å². The average Bonchev–Trinajstić information content (AvgIpc) is 2.69. The first-order chi connectivity index (χ1) is 9.99. The van der Waals surface area contributed by atoms with Crippen LogP contribution < -0.4 is 5.32 Å². The number of aromatic nitrogens is 2. The minimum atomic E-state index is 0.0395. The van der Waals surface area contributed by atoms with E-state index in [1.54, 1.807) is 0 Å². The van der Waals surface area contributed by atoms with Crippen LogP contribution in [0, 0.1) is 6.92 Å². The van der Waals surface area contributed by atoms with Crippen molar-refractivity contribution in [3.63, 3.8) is 0 Å². The smallest absolute Gasteiger partial charge is 0.317 e. The molecule has 2 heterocycles. The minimum Gasteiger partial charge on any atom is -0.334 e. The van der Waals surface area contributed by atoms with Crippen molar-refractivity contribution in [3.8, 4) is 0 Å². The van der Waals surface area contributed by atoms with Crippen LogP contribution in [0.15, 0.2) is 6.20 Å². The fraction of sp³-hybridized carbons (Fsp3) is 0.733. The molecular formula is C15H27N5O. The number of likely N-dealkylation sites (tertiary alicyclic amines) is 1. The van der Waals surface area contributed by atoms with Crippen molar-refractivity contribution in [1.82, 2.24) is 24.9 Å². The number of urea groups is 1. The fourth-order valence-corrected chi connectivity index (χ4v) is 2.80. The number of hydrogen-bond acceptors (Lipinski definition) is 3. The van der Waals surface area contributed by atoms with Crippen molar-refractivity contribution in [2.45, 2.75) is 38.8 Å². The molecule has 1 saturated heterocycles. The highest BCUT2D eigenvalue weighted by atomic mass is 16.2. The third-order valence-electron chi connectivity index (χ3n) is 4.48. The van der Waals surface area contributed by atoms with Crippen LogP contribution in [-0.4, -0.2) is 58.8 Å². The normalized spacial score (nSPS) is 19.7. The van der Waals surface area contributed by atoms with Gasteiger partial charge in [-0.3, -0.25) is 4.68 Å². The Hall–Kier alpha value is -1.56. The van der Waals surface area contributed by atoms with Crippen LogP contribution in [0.1, 0.15) is 30.5 Å². The maximum Gasteiger partial charge on any atom is 0.317 e. The molecule has 0 radical (unpaired) electrons. The third-order valence-corrected chi connectivity index (χ3v) is 4.48. The highest BCUT2D eigenvalue weighted by Crippen LogP contribution is 2.15. The van der Waals surface area contributed by atoms with Crippen molar-refractivity contribution in [2.75, 3.05) is 27.2 Å². The Kier molecular flexibility index (Phi) is 5.22. The number of nitrogens with zero attached hydrogens (tertiary/aromatic N) is 4. The zero-order chi connectivity index (χ0) is 15.4. The molecule has 1 aromatic heterocycles. The van der Waals surface area contributed by atoms with Gasteiger partial charge >= 0.3 is 6.03 Å². The van der Waals surface area contributed by atoms with Crippen LogP contribution in [0.4, 0.5) is 4.79 Å². The van der Waals surface area contributed by atoms with E-state index in [0.29, 0.717) is 12.6 Å². The quantitative estimate of drug-likeness (QED) is 0.915. The van der Waals surface area contributed by atoms with Gasteiger partial charge in [-0.15, -0.1) is 0 Å². The van der Waals surface area contributed by atoms with Crippen LogP contribution in [0.25, 0.3) is 0 Å². The highest BCUT2D eigenvalue weighted by Gasteiger charge is 2.21. The summed E-state index contributed by atoms with van der Waals surface area (Å²) in [5.74, 6) is 0. The number of carbonyl (C=O) groups is 1. The first-order valence-electron chi connectivity index (χ1n) is 7.65. The van der Waals surface area contributed by atoms with Crippen LogP contribution in [0.5, 0.6) is 0 Å². The van der Waals surface area contributed by atoms with Gasteiger partial charge in [-0.1, -0.05) is 0 Å². The van der Waals surface area contributed by atoms with Crippen LogP contribution in [0.2, 0.25) is 0 Å². The molecule has 21 heavy (non-hydrogen) atoms. The predicted molar refractivity (Wildman–Crippen MR) is 83.1 cm³/mol. The number of aryl methyl sites for hydroxylation is 1. The van der Waals surface area contributed by atoms with Gasteiger partial charge in [0, 0.05) is 44.0 Å². The Balaban J connectivity index is 1.84. The topological polar surface area (TPSA) is 53.4 Å². The molecule has 6 heteroatoms. The van der Waals surface area contributed by atoms with E-state index < -0.39 is 0 Å². The zero-order valence-corrected chi connectivity index (χ0v) is 13.6. The second-order valence-electron chi connectivity index (χ2n) is 6.07. The van der Waals surface area contributed by atoms with Gasteiger partial charge in [0.25, 0.3) is 0 Å². The third kappa shape index (κ3) is 3.97. The molecule has 0 aromatic carbocycles. The molecule has 0 bridgehead atoms. The monoisotopic (exact) mass is 293 g/mol. The Morgan fingerprint density at radius 3 is 2.81 bits per heavy atom. The summed E-state index contributed by atoms with van der Waals surface area (Å²) in [5.41, 5.74) is 2.17. The predicted octanol–water partition coefficient (Wildman–Crippen LogP) is 1.35. The van der Waals surface area contributed by atoms with E-state index in [-0.39, 0.29) is 6.03 Å². The molecule has 0 spiro atoms. The molecule has 0 saturated carbocycles. The van der Waals surface area contributed by atoms with Gasteiger partial charge in [0.05, 0.1) is 6.20 Å². The second-order valence-corrected chi connectivity index (χ2v) is 6.07. The summed E-state index contributed by atoms with van der Waals surface area (Å²) in [4.78, 5) is 16.5. The van der Waals surface area contributed by atoms with Gasteiger partial charge < -0.3 is 15.1 Å². The molecule has 1 aromatic rings. The maximum atomic E-state index is 12.3. The first-order valence-corrected chi connectivity index (χ1v) is 7.65. The number of nitrogens with one attached hydrogen (secondary N) is 1. The molecule has 1 fully saturated rings. The summed E-state index contributed by atoms with van der Waals surface area (Å²) in [6.45, 7) is 4.25. The van der Waals surface area contributed by atoms with E-state index in [1.807, 2.05) is 29.7 Å². The molecule has 6 nitrogen and oxygen atoms in total. The van der Waals surface area contributed by atoms with Gasteiger partial charge in [-0.2, -0.15) is 5.10 Å². The Labute approximate surface area is 127 Å². The van der Waals surface area contributed by atoms with Gasteiger partial charge in [0.2, 0.25) is 0 Å². The lowest BCUT2D eigenvalue weighted by atomic mass is 10.1. The van der Waals surface area contributed by atoms with Crippen LogP contribution >= 0.6 is 0 Å². The largest absolute Gasteiger partial charge is 0.334 e. The summed E-state index contributed by atoms with van der Waals surface area (Å²) in [5, 5.41) is 7.21. The molecule has 1 aliphatic rings. The van der Waals surface area contributed by atoms with E-state index in [9.17, 15) is 4.79 Å². The van der Waals surface area contributed by atoms with Crippen LogP contribution in [0.3, 0.4) is 0 Å². The molecule has 2 rings (SSSR count). The van der Waals surface area contributed by atoms with Crippen LogP contribution in [-0.2, 0) is 13.6 Å². The zero-order valence-electron chi connectivity index (χ0n) is 13.6. The number of carbonyl (C=O) groups excluding carboxylic acids is 1. The fourth-order valence-electron chi connectivity index (χ4n) is 2.80. The first kappa shape index (κ1) is 15.8. The van der Waals surface area contributed by atoms with Crippen molar-refractivity contribution < 1.29 is 4.79 Å². The Morgan fingerprint density at radius 2 is 2.19 bits per heavy atom. The van der Waals surface area contributed by atoms with E-state index in [0.717, 1.165) is 37.2 Å². The van der Waals surface area contributed by atoms with Crippen molar-refractivity contribution in [1.29, 1.82) is 0 Å². The van der Waals surface area contributed by atoms with Crippen molar-refractivity contribution in [3.05, 3.63) is 17.5 Å². The van der Waals surface area contributed by atoms with E-state index >= 15 is 0 Å². The highest BCUT2D eigenvalue weighted by molar-refractivity contribution is 5.74. The van der Waals surface area contributed by atoms with E-state index in [2.05, 4.69) is 29.4 Å². The lowest BCUT2D eigenvalue weighted by Crippen LogP contribution is -2.40. The molecule has 2 amide bonds. The summed E-state index contributed by atoms with van der Waals surface area (Å²) in [6.07, 6.45) is 5.10. The summed E-state index contributed by atoms with van der Waals surface area (Å²) in [6, 6.07) is 0.626. The molecule has 1 atom stereocenters. The summed E-state index contributed by atoms with van der Waals surface area (Å²) in [7, 11) is 6.15. The maximum absolute atomic E-state index is 12.3. The molecular weight excluding hydrogens is 266 g/mol. The van der Waals surface area contributed by atoms with Gasteiger partial charge in [0.1, 0.15) is 0 Å². The Morgan fingerprint density at radius 1 is 1.43 bits per heavy atom. The van der Waals surface area contributed by atoms with Gasteiger partial charge in [0.15, 0.2) is 0 Å². The van der Waals surface area contributed by atoms with Gasteiger partial charge in [-0.25, -0.2) is 4.79 Å². The molecule has 1 N–H and O–H groups in total. The van der Waals surface area contributed by atoms with E-state index in [4.69, 9.17) is 0 Å². The minimum absolute atomic E-state index is 0.0395. The molecule has 0 aliphatic carbocycles. The number of amides is 2. The summed E-state index contributed by atoms with van der Waals surface area (Å²) >= 11 is 0. The molecule has 118 valence electrons. The number of rotatable bonds is 3. The lowest BCUT2D eigenvalue weighted by molar-refractivity contribution is 0.197. The summed E-state index contributed by atoms with van der Waals surface area (Å²) < 4.78 is 1.83. The van der Waals surface area contributed by atoms with Gasteiger partial charge in [-0.05, 0) is 40.3 Å². The van der Waals surface area contributed by atoms with E-state index in [1.165, 1.54) is 6.42 Å².